The van der Waals surface area contributed by atoms with E-state index in [1.54, 1.807) is 7.11 Å². The molecule has 0 aliphatic rings. The average molecular weight is 334 g/mol. The van der Waals surface area contributed by atoms with Crippen LogP contribution in [0.1, 0.15) is 13.8 Å². The highest BCUT2D eigenvalue weighted by Crippen LogP contribution is 2.24. The zero-order chi connectivity index (χ0) is 16.8. The molecule has 7 heteroatoms. The van der Waals surface area contributed by atoms with Gasteiger partial charge in [-0.25, -0.2) is 0 Å². The first-order chi connectivity index (χ1) is 11.1. The molecule has 6 nitrogen and oxygen atoms in total. The van der Waals surface area contributed by atoms with Gasteiger partial charge in [-0.15, -0.1) is 10.2 Å². The Kier molecular flexibility index (Phi) is 6.04. The highest BCUT2D eigenvalue weighted by Gasteiger charge is 2.15. The van der Waals surface area contributed by atoms with Gasteiger partial charge in [-0.2, -0.15) is 0 Å². The van der Waals surface area contributed by atoms with Crippen molar-refractivity contribution in [3.63, 3.8) is 0 Å². The monoisotopic (exact) mass is 334 g/mol. The molecule has 2 rings (SSSR count). The van der Waals surface area contributed by atoms with E-state index in [1.807, 2.05) is 54.6 Å². The van der Waals surface area contributed by atoms with E-state index in [1.165, 1.54) is 11.8 Å². The van der Waals surface area contributed by atoms with Crippen LogP contribution < -0.4 is 4.74 Å². The minimum Gasteiger partial charge on any atom is -0.497 e. The standard InChI is InChI=1S/C16H22N4O2S/c1-5-20(6-2)14(21)11-23-16-18-17-15(19(16)3)12-7-9-13(22-4)10-8-12/h7-10H,5-6,11H2,1-4H3. The summed E-state index contributed by atoms with van der Waals surface area (Å²) in [6.45, 7) is 5.42. The maximum Gasteiger partial charge on any atom is 0.233 e. The van der Waals surface area contributed by atoms with E-state index in [9.17, 15) is 4.79 Å². The number of ether oxygens (including phenoxy) is 1. The van der Waals surface area contributed by atoms with Crippen molar-refractivity contribution in [1.29, 1.82) is 0 Å². The Morgan fingerprint density at radius 3 is 2.43 bits per heavy atom. The maximum absolute atomic E-state index is 12.1. The van der Waals surface area contributed by atoms with E-state index < -0.39 is 0 Å². The van der Waals surface area contributed by atoms with Crippen LogP contribution in [0.15, 0.2) is 29.4 Å². The minimum absolute atomic E-state index is 0.119. The molecular weight excluding hydrogens is 312 g/mol. The molecule has 2 aromatic rings. The summed E-state index contributed by atoms with van der Waals surface area (Å²) in [4.78, 5) is 13.9. The molecule has 0 atom stereocenters. The van der Waals surface area contributed by atoms with Crippen molar-refractivity contribution in [2.75, 3.05) is 26.0 Å². The van der Waals surface area contributed by atoms with Crippen molar-refractivity contribution < 1.29 is 9.53 Å². The third kappa shape index (κ3) is 4.04. The van der Waals surface area contributed by atoms with E-state index >= 15 is 0 Å². The summed E-state index contributed by atoms with van der Waals surface area (Å²) in [6, 6.07) is 7.66. The average Bonchev–Trinajstić information content (AvgIpc) is 2.95. The molecule has 0 spiro atoms. The van der Waals surface area contributed by atoms with Crippen LogP contribution in [0.25, 0.3) is 11.4 Å². The quantitative estimate of drug-likeness (QED) is 0.728. The minimum atomic E-state index is 0.119. The van der Waals surface area contributed by atoms with Crippen molar-refractivity contribution in [2.45, 2.75) is 19.0 Å². The van der Waals surface area contributed by atoms with Crippen molar-refractivity contribution in [1.82, 2.24) is 19.7 Å². The van der Waals surface area contributed by atoms with Gasteiger partial charge in [-0.05, 0) is 38.1 Å². The van der Waals surface area contributed by atoms with Crippen LogP contribution in [0.4, 0.5) is 0 Å². The number of methoxy groups -OCH3 is 1. The van der Waals surface area contributed by atoms with Crippen LogP contribution in [-0.2, 0) is 11.8 Å². The normalized spacial score (nSPS) is 10.6. The number of hydrogen-bond donors (Lipinski definition) is 0. The number of carbonyl (C=O) groups excluding carboxylic acids is 1. The van der Waals surface area contributed by atoms with Gasteiger partial charge in [-0.1, -0.05) is 11.8 Å². The van der Waals surface area contributed by atoms with E-state index in [2.05, 4.69) is 10.2 Å². The molecule has 0 radical (unpaired) electrons. The molecule has 1 aromatic heterocycles. The van der Waals surface area contributed by atoms with Crippen molar-refractivity contribution in [3.8, 4) is 17.1 Å². The zero-order valence-electron chi connectivity index (χ0n) is 13.9. The van der Waals surface area contributed by atoms with E-state index in [0.717, 1.165) is 35.4 Å². The number of thioether (sulfide) groups is 1. The van der Waals surface area contributed by atoms with Gasteiger partial charge in [-0.3, -0.25) is 4.79 Å². The first-order valence-electron chi connectivity index (χ1n) is 7.55. The highest BCUT2D eigenvalue weighted by atomic mass is 32.2. The fraction of sp³-hybridized carbons (Fsp3) is 0.438. The number of rotatable bonds is 7. The fourth-order valence-electron chi connectivity index (χ4n) is 2.23. The number of hydrogen-bond acceptors (Lipinski definition) is 5. The first-order valence-corrected chi connectivity index (χ1v) is 8.53. The predicted octanol–water partition coefficient (Wildman–Crippen LogP) is 2.45. The number of nitrogens with zero attached hydrogens (tertiary/aromatic N) is 4. The van der Waals surface area contributed by atoms with Crippen molar-refractivity contribution in [2.24, 2.45) is 7.05 Å². The summed E-state index contributed by atoms with van der Waals surface area (Å²) in [7, 11) is 3.54. The summed E-state index contributed by atoms with van der Waals surface area (Å²) in [5.41, 5.74) is 0.961. The summed E-state index contributed by atoms with van der Waals surface area (Å²) >= 11 is 1.41. The first kappa shape index (κ1) is 17.3. The molecular formula is C16H22N4O2S. The van der Waals surface area contributed by atoms with Gasteiger partial charge in [0.2, 0.25) is 5.91 Å². The highest BCUT2D eigenvalue weighted by molar-refractivity contribution is 7.99. The summed E-state index contributed by atoms with van der Waals surface area (Å²) in [5.74, 6) is 2.06. The van der Waals surface area contributed by atoms with Gasteiger partial charge in [0, 0.05) is 25.7 Å². The van der Waals surface area contributed by atoms with Gasteiger partial charge < -0.3 is 14.2 Å². The van der Waals surface area contributed by atoms with Crippen LogP contribution in [0.3, 0.4) is 0 Å². The Morgan fingerprint density at radius 1 is 1.22 bits per heavy atom. The predicted molar refractivity (Wildman–Crippen MR) is 91.6 cm³/mol. The Bertz CT molecular complexity index is 651. The lowest BCUT2D eigenvalue weighted by atomic mass is 10.2. The van der Waals surface area contributed by atoms with Gasteiger partial charge in [0.25, 0.3) is 0 Å². The van der Waals surface area contributed by atoms with E-state index in [0.29, 0.717) is 5.75 Å². The number of carbonyl (C=O) groups is 1. The Labute approximate surface area is 140 Å². The number of aromatic nitrogens is 3. The second-order valence-corrected chi connectivity index (χ2v) is 5.89. The molecule has 0 saturated carbocycles. The van der Waals surface area contributed by atoms with Crippen LogP contribution >= 0.6 is 11.8 Å². The third-order valence-electron chi connectivity index (χ3n) is 3.62. The summed E-state index contributed by atoms with van der Waals surface area (Å²) in [6.07, 6.45) is 0. The van der Waals surface area contributed by atoms with Gasteiger partial charge >= 0.3 is 0 Å². The van der Waals surface area contributed by atoms with Crippen LogP contribution in [0, 0.1) is 0 Å². The zero-order valence-corrected chi connectivity index (χ0v) is 14.8. The molecule has 23 heavy (non-hydrogen) atoms. The molecule has 1 aromatic carbocycles. The van der Waals surface area contributed by atoms with Crippen LogP contribution in [0.2, 0.25) is 0 Å². The Balaban J connectivity index is 2.08. The lowest BCUT2D eigenvalue weighted by Gasteiger charge is -2.17. The van der Waals surface area contributed by atoms with Crippen LogP contribution in [-0.4, -0.2) is 51.5 Å². The second-order valence-electron chi connectivity index (χ2n) is 4.95. The number of benzene rings is 1. The maximum atomic E-state index is 12.1. The van der Waals surface area contributed by atoms with E-state index in [-0.39, 0.29) is 5.91 Å². The van der Waals surface area contributed by atoms with Crippen molar-refractivity contribution in [3.05, 3.63) is 24.3 Å². The van der Waals surface area contributed by atoms with Gasteiger partial charge in [0.15, 0.2) is 11.0 Å². The molecule has 0 unspecified atom stereocenters. The Hall–Kier alpha value is -2.02. The third-order valence-corrected chi connectivity index (χ3v) is 4.63. The molecule has 0 aliphatic carbocycles. The SMILES string of the molecule is CCN(CC)C(=O)CSc1nnc(-c2ccc(OC)cc2)n1C. The molecule has 0 N–H and O–H groups in total. The second kappa shape index (κ2) is 8.01. The molecule has 0 fully saturated rings. The summed E-state index contributed by atoms with van der Waals surface area (Å²) in [5, 5.41) is 9.16. The smallest absolute Gasteiger partial charge is 0.233 e. The van der Waals surface area contributed by atoms with Crippen LogP contribution in [0.5, 0.6) is 5.75 Å². The lowest BCUT2D eigenvalue weighted by Crippen LogP contribution is -2.31. The van der Waals surface area contributed by atoms with Gasteiger partial charge in [0.05, 0.1) is 12.9 Å². The topological polar surface area (TPSA) is 60.3 Å². The van der Waals surface area contributed by atoms with Gasteiger partial charge in [0.1, 0.15) is 5.75 Å². The summed E-state index contributed by atoms with van der Waals surface area (Å²) < 4.78 is 7.06. The van der Waals surface area contributed by atoms with Crippen molar-refractivity contribution >= 4 is 17.7 Å². The largest absolute Gasteiger partial charge is 0.497 e. The molecule has 0 bridgehead atoms. The molecule has 124 valence electrons. The number of amides is 1. The molecule has 1 heterocycles. The lowest BCUT2D eigenvalue weighted by molar-refractivity contribution is -0.127. The molecule has 0 saturated heterocycles. The molecule has 1 amide bonds. The fourth-order valence-corrected chi connectivity index (χ4v) is 3.04. The van der Waals surface area contributed by atoms with E-state index in [4.69, 9.17) is 4.74 Å². The Morgan fingerprint density at radius 2 is 1.87 bits per heavy atom. The molecule has 0 aliphatic heterocycles.